The van der Waals surface area contributed by atoms with Gasteiger partial charge in [-0.15, -0.1) is 0 Å². The number of nitriles is 1. The minimum absolute atomic E-state index is 0.103. The molecule has 0 amide bonds. The Bertz CT molecular complexity index is 1240. The first-order valence-corrected chi connectivity index (χ1v) is 10.8. The maximum absolute atomic E-state index is 13.0. The molecule has 6 heteroatoms. The lowest BCUT2D eigenvalue weighted by Crippen LogP contribution is -2.37. The van der Waals surface area contributed by atoms with Crippen LogP contribution in [0.3, 0.4) is 0 Å². The van der Waals surface area contributed by atoms with E-state index in [0.29, 0.717) is 12.1 Å². The average Bonchev–Trinajstić information content (AvgIpc) is 3.18. The van der Waals surface area contributed by atoms with Gasteiger partial charge >= 0.3 is 0 Å². The van der Waals surface area contributed by atoms with Crippen LogP contribution in [0.4, 0.5) is 5.95 Å². The average molecular weight is 412 g/mol. The van der Waals surface area contributed by atoms with Crippen LogP contribution < -0.4 is 10.5 Å². The summed E-state index contributed by atoms with van der Waals surface area (Å²) in [5.41, 5.74) is 6.16. The second-order valence-corrected chi connectivity index (χ2v) is 8.41. The monoisotopic (exact) mass is 411 g/mol. The van der Waals surface area contributed by atoms with E-state index in [0.717, 1.165) is 61.9 Å². The fourth-order valence-corrected chi connectivity index (χ4v) is 4.71. The van der Waals surface area contributed by atoms with E-state index in [4.69, 9.17) is 5.26 Å². The van der Waals surface area contributed by atoms with Crippen LogP contribution in [0.5, 0.6) is 0 Å². The first kappa shape index (κ1) is 19.5. The molecule has 5 rings (SSSR count). The van der Waals surface area contributed by atoms with Crippen molar-refractivity contribution >= 4 is 5.95 Å². The van der Waals surface area contributed by atoms with Gasteiger partial charge in [-0.05, 0) is 35.7 Å². The van der Waals surface area contributed by atoms with Crippen LogP contribution in [-0.4, -0.2) is 27.5 Å². The zero-order chi connectivity index (χ0) is 21.4. The highest BCUT2D eigenvalue weighted by molar-refractivity contribution is 5.42. The van der Waals surface area contributed by atoms with Crippen LogP contribution in [0.1, 0.15) is 33.5 Å². The van der Waals surface area contributed by atoms with Crippen molar-refractivity contribution in [3.05, 3.63) is 92.4 Å². The third-order valence-corrected chi connectivity index (χ3v) is 6.38. The highest BCUT2D eigenvalue weighted by atomic mass is 16.1. The second kappa shape index (κ2) is 8.01. The molecule has 0 N–H and O–H groups in total. The number of benzene rings is 2. The summed E-state index contributed by atoms with van der Waals surface area (Å²) >= 11 is 0. The first-order chi connectivity index (χ1) is 15.1. The van der Waals surface area contributed by atoms with E-state index >= 15 is 0 Å². The van der Waals surface area contributed by atoms with Gasteiger partial charge in [0.2, 0.25) is 5.95 Å². The molecule has 0 unspecified atom stereocenters. The number of aromatic nitrogens is 2. The fourth-order valence-electron chi connectivity index (χ4n) is 4.71. The second-order valence-electron chi connectivity index (χ2n) is 8.41. The van der Waals surface area contributed by atoms with Crippen molar-refractivity contribution in [1.29, 1.82) is 5.26 Å². The van der Waals surface area contributed by atoms with Gasteiger partial charge in [0.1, 0.15) is 0 Å². The number of hydrogen-bond donors (Lipinski definition) is 0. The van der Waals surface area contributed by atoms with E-state index in [-0.39, 0.29) is 5.56 Å². The van der Waals surface area contributed by atoms with Gasteiger partial charge in [-0.2, -0.15) is 10.2 Å². The van der Waals surface area contributed by atoms with E-state index in [9.17, 15) is 4.79 Å². The molecule has 0 bridgehead atoms. The summed E-state index contributed by atoms with van der Waals surface area (Å²) in [7, 11) is 0. The summed E-state index contributed by atoms with van der Waals surface area (Å²) in [6, 6.07) is 18.3. The van der Waals surface area contributed by atoms with Gasteiger partial charge in [0.25, 0.3) is 5.56 Å². The smallest absolute Gasteiger partial charge is 0.279 e. The Morgan fingerprint density at radius 3 is 2.77 bits per heavy atom. The third kappa shape index (κ3) is 3.73. The lowest BCUT2D eigenvalue weighted by molar-refractivity contribution is 0.239. The summed E-state index contributed by atoms with van der Waals surface area (Å²) < 4.78 is 2.25. The molecule has 0 fully saturated rings. The Hall–Kier alpha value is -3.43. The molecule has 1 aromatic heterocycles. The Balaban J connectivity index is 1.38. The van der Waals surface area contributed by atoms with Crippen molar-refractivity contribution in [1.82, 2.24) is 14.5 Å². The van der Waals surface area contributed by atoms with Crippen molar-refractivity contribution < 1.29 is 0 Å². The summed E-state index contributed by atoms with van der Waals surface area (Å²) in [4.78, 5) is 22.0. The molecule has 3 heterocycles. The molecule has 0 aliphatic carbocycles. The van der Waals surface area contributed by atoms with Crippen LogP contribution in [0, 0.1) is 18.3 Å². The SMILES string of the molecule is Cc1ccccc1CN1CCn2c1nc(=O)c1c2CCN(Cc2cccc(C#N)c2)C1. The van der Waals surface area contributed by atoms with Crippen LogP contribution in [0.15, 0.2) is 53.3 Å². The summed E-state index contributed by atoms with van der Waals surface area (Å²) in [5.74, 6) is 0.808. The van der Waals surface area contributed by atoms with Gasteiger partial charge < -0.3 is 9.47 Å². The summed E-state index contributed by atoms with van der Waals surface area (Å²) in [6.07, 6.45) is 0.843. The van der Waals surface area contributed by atoms with E-state index in [1.54, 1.807) is 0 Å². The Morgan fingerprint density at radius 1 is 1.06 bits per heavy atom. The van der Waals surface area contributed by atoms with Crippen LogP contribution >= 0.6 is 0 Å². The minimum atomic E-state index is -0.103. The Labute approximate surface area is 182 Å². The van der Waals surface area contributed by atoms with Crippen LogP contribution in [0.25, 0.3) is 0 Å². The highest BCUT2D eigenvalue weighted by Crippen LogP contribution is 2.27. The van der Waals surface area contributed by atoms with E-state index in [1.807, 2.05) is 24.3 Å². The van der Waals surface area contributed by atoms with E-state index in [1.165, 1.54) is 11.1 Å². The first-order valence-electron chi connectivity index (χ1n) is 10.8. The molecule has 2 aromatic carbocycles. The van der Waals surface area contributed by atoms with E-state index in [2.05, 4.69) is 56.6 Å². The normalized spacial score (nSPS) is 15.4. The molecule has 0 saturated carbocycles. The third-order valence-electron chi connectivity index (χ3n) is 6.38. The number of hydrogen-bond acceptors (Lipinski definition) is 5. The molecular formula is C25H25N5O. The van der Waals surface area contributed by atoms with Crippen molar-refractivity contribution in [3.63, 3.8) is 0 Å². The maximum Gasteiger partial charge on any atom is 0.279 e. The molecule has 0 atom stereocenters. The highest BCUT2D eigenvalue weighted by Gasteiger charge is 2.29. The van der Waals surface area contributed by atoms with Crippen molar-refractivity contribution in [3.8, 4) is 6.07 Å². The largest absolute Gasteiger partial charge is 0.336 e. The molecule has 3 aromatic rings. The van der Waals surface area contributed by atoms with Gasteiger partial charge in [0, 0.05) is 51.4 Å². The maximum atomic E-state index is 13.0. The fraction of sp³-hybridized carbons (Fsp3) is 0.320. The molecule has 0 radical (unpaired) electrons. The molecular weight excluding hydrogens is 386 g/mol. The summed E-state index contributed by atoms with van der Waals surface area (Å²) in [5, 5.41) is 9.13. The number of anilines is 1. The predicted octanol–water partition coefficient (Wildman–Crippen LogP) is 3.00. The molecule has 156 valence electrons. The quantitative estimate of drug-likeness (QED) is 0.660. The lowest BCUT2D eigenvalue weighted by atomic mass is 10.0. The molecule has 2 aliphatic rings. The number of nitrogens with zero attached hydrogens (tertiary/aromatic N) is 5. The van der Waals surface area contributed by atoms with Gasteiger partial charge in [-0.3, -0.25) is 9.69 Å². The van der Waals surface area contributed by atoms with Crippen LogP contribution in [0.2, 0.25) is 0 Å². The van der Waals surface area contributed by atoms with Crippen LogP contribution in [-0.2, 0) is 32.6 Å². The lowest BCUT2D eigenvalue weighted by Gasteiger charge is -2.30. The summed E-state index contributed by atoms with van der Waals surface area (Å²) in [6.45, 7) is 6.89. The molecule has 0 saturated heterocycles. The molecule has 6 nitrogen and oxygen atoms in total. The standard InChI is InChI=1S/C25H25N5O/c1-18-5-2-3-8-21(18)16-29-11-12-30-23-9-10-28(17-22(23)24(31)27-25(29)30)15-20-7-4-6-19(13-20)14-26/h2-8,13H,9-12,15-17H2,1H3. The zero-order valence-corrected chi connectivity index (χ0v) is 17.7. The molecule has 0 spiro atoms. The van der Waals surface area contributed by atoms with Crippen molar-refractivity contribution in [2.24, 2.45) is 0 Å². The van der Waals surface area contributed by atoms with Gasteiger partial charge in [0.15, 0.2) is 0 Å². The van der Waals surface area contributed by atoms with Crippen molar-refractivity contribution in [2.75, 3.05) is 18.0 Å². The minimum Gasteiger partial charge on any atom is -0.336 e. The number of aryl methyl sites for hydroxylation is 1. The topological polar surface area (TPSA) is 65.2 Å². The number of rotatable bonds is 4. The molecule has 31 heavy (non-hydrogen) atoms. The van der Waals surface area contributed by atoms with Gasteiger partial charge in [-0.25, -0.2) is 0 Å². The Morgan fingerprint density at radius 2 is 1.94 bits per heavy atom. The van der Waals surface area contributed by atoms with Gasteiger partial charge in [-0.1, -0.05) is 36.4 Å². The van der Waals surface area contributed by atoms with E-state index < -0.39 is 0 Å². The number of fused-ring (bicyclic) bond motifs is 3. The predicted molar refractivity (Wildman–Crippen MR) is 120 cm³/mol. The van der Waals surface area contributed by atoms with Gasteiger partial charge in [0.05, 0.1) is 17.2 Å². The zero-order valence-electron chi connectivity index (χ0n) is 17.7. The Kier molecular flexibility index (Phi) is 5.05. The molecule has 2 aliphatic heterocycles. The van der Waals surface area contributed by atoms with Crippen molar-refractivity contribution in [2.45, 2.75) is 39.5 Å².